The van der Waals surface area contributed by atoms with Gasteiger partial charge in [0.25, 0.3) is 10.0 Å². The maximum Gasteiger partial charge on any atom is 0.321 e. The van der Waals surface area contributed by atoms with Crippen molar-refractivity contribution in [3.05, 3.63) is 24.1 Å². The van der Waals surface area contributed by atoms with Crippen molar-refractivity contribution in [1.82, 2.24) is 9.71 Å². The number of rotatable bonds is 6. The van der Waals surface area contributed by atoms with Crippen molar-refractivity contribution in [3.8, 4) is 0 Å². The van der Waals surface area contributed by atoms with Gasteiger partial charge >= 0.3 is 5.97 Å². The Hall–Kier alpha value is -1.54. The third kappa shape index (κ3) is 3.47. The van der Waals surface area contributed by atoms with Crippen LogP contribution in [0.15, 0.2) is 23.4 Å². The molecule has 1 aromatic rings. The Kier molecular flexibility index (Phi) is 4.74. The van der Waals surface area contributed by atoms with Crippen molar-refractivity contribution >= 4 is 16.0 Å². The standard InChI is InChI=1S/C10H13FN2O4S/c1-2-4-8(10(14)15)13-18(16,17)9-7(11)5-3-6-12-9/h3,5-6,8,13H,2,4H2,1H3,(H,14,15). The lowest BCUT2D eigenvalue weighted by atomic mass is 10.2. The van der Waals surface area contributed by atoms with E-state index >= 15 is 0 Å². The van der Waals surface area contributed by atoms with E-state index < -0.39 is 32.9 Å². The first-order chi connectivity index (χ1) is 8.38. The van der Waals surface area contributed by atoms with Crippen molar-refractivity contribution in [2.45, 2.75) is 30.8 Å². The fourth-order valence-electron chi connectivity index (χ4n) is 1.33. The van der Waals surface area contributed by atoms with Crippen LogP contribution in [0.4, 0.5) is 4.39 Å². The highest BCUT2D eigenvalue weighted by atomic mass is 32.2. The molecule has 0 aliphatic rings. The summed E-state index contributed by atoms with van der Waals surface area (Å²) in [5.41, 5.74) is 0. The maximum absolute atomic E-state index is 13.3. The van der Waals surface area contributed by atoms with Crippen LogP contribution in [0.3, 0.4) is 0 Å². The molecule has 0 fully saturated rings. The smallest absolute Gasteiger partial charge is 0.321 e. The number of nitrogens with one attached hydrogen (secondary N) is 1. The number of aliphatic carboxylic acids is 1. The molecule has 0 bridgehead atoms. The highest BCUT2D eigenvalue weighted by Crippen LogP contribution is 2.11. The molecule has 0 saturated carbocycles. The number of nitrogens with zero attached hydrogens (tertiary/aromatic N) is 1. The summed E-state index contributed by atoms with van der Waals surface area (Å²) in [7, 11) is -4.27. The first-order valence-electron chi connectivity index (χ1n) is 5.24. The minimum absolute atomic E-state index is 0.114. The molecule has 100 valence electrons. The fourth-order valence-corrected chi connectivity index (χ4v) is 2.56. The zero-order valence-corrected chi connectivity index (χ0v) is 10.4. The molecule has 0 spiro atoms. The predicted octanol–water partition coefficient (Wildman–Crippen LogP) is 0.752. The number of hydrogen-bond donors (Lipinski definition) is 2. The SMILES string of the molecule is CCCC(NS(=O)(=O)c1ncccc1F)C(=O)O. The number of carboxylic acid groups (broad SMARTS) is 1. The molecule has 0 aromatic carbocycles. The van der Waals surface area contributed by atoms with Gasteiger partial charge in [-0.25, -0.2) is 17.8 Å². The third-order valence-electron chi connectivity index (χ3n) is 2.15. The van der Waals surface area contributed by atoms with E-state index in [4.69, 9.17) is 5.11 Å². The van der Waals surface area contributed by atoms with Gasteiger partial charge in [0.15, 0.2) is 5.82 Å². The van der Waals surface area contributed by atoms with Crippen molar-refractivity contribution in [2.24, 2.45) is 0 Å². The molecule has 0 saturated heterocycles. The Labute approximate surface area is 104 Å². The molecule has 18 heavy (non-hydrogen) atoms. The largest absolute Gasteiger partial charge is 0.480 e. The maximum atomic E-state index is 13.3. The van der Waals surface area contributed by atoms with E-state index in [9.17, 15) is 17.6 Å². The van der Waals surface area contributed by atoms with Crippen LogP contribution in [0, 0.1) is 5.82 Å². The fraction of sp³-hybridized carbons (Fsp3) is 0.400. The van der Waals surface area contributed by atoms with E-state index in [2.05, 4.69) is 4.98 Å². The lowest BCUT2D eigenvalue weighted by Crippen LogP contribution is -2.41. The topological polar surface area (TPSA) is 96.4 Å². The summed E-state index contributed by atoms with van der Waals surface area (Å²) in [6.07, 6.45) is 1.71. The van der Waals surface area contributed by atoms with Gasteiger partial charge < -0.3 is 5.11 Å². The van der Waals surface area contributed by atoms with Gasteiger partial charge in [-0.2, -0.15) is 4.72 Å². The highest BCUT2D eigenvalue weighted by Gasteiger charge is 2.27. The number of pyridine rings is 1. The van der Waals surface area contributed by atoms with Gasteiger partial charge in [0, 0.05) is 6.20 Å². The van der Waals surface area contributed by atoms with Crippen molar-refractivity contribution in [3.63, 3.8) is 0 Å². The van der Waals surface area contributed by atoms with Crippen LogP contribution in [-0.2, 0) is 14.8 Å². The normalized spacial score (nSPS) is 13.2. The molecule has 1 rings (SSSR count). The molecule has 0 aliphatic carbocycles. The van der Waals surface area contributed by atoms with Crippen LogP contribution in [-0.4, -0.2) is 30.5 Å². The molecule has 0 radical (unpaired) electrons. The number of halogens is 1. The van der Waals surface area contributed by atoms with Crippen LogP contribution in [0.5, 0.6) is 0 Å². The average Bonchev–Trinajstić information content (AvgIpc) is 2.28. The molecule has 1 unspecified atom stereocenters. The molecular weight excluding hydrogens is 263 g/mol. The van der Waals surface area contributed by atoms with E-state index in [1.807, 2.05) is 4.72 Å². The molecule has 6 nitrogen and oxygen atoms in total. The van der Waals surface area contributed by atoms with Crippen LogP contribution >= 0.6 is 0 Å². The number of carboxylic acids is 1. The summed E-state index contributed by atoms with van der Waals surface area (Å²) in [6, 6.07) is 0.896. The van der Waals surface area contributed by atoms with Gasteiger partial charge in [-0.15, -0.1) is 0 Å². The number of sulfonamides is 1. The number of aromatic nitrogens is 1. The molecule has 0 amide bonds. The van der Waals surface area contributed by atoms with Crippen molar-refractivity contribution in [2.75, 3.05) is 0 Å². The molecule has 8 heteroatoms. The first-order valence-corrected chi connectivity index (χ1v) is 6.72. The average molecular weight is 276 g/mol. The van der Waals surface area contributed by atoms with Gasteiger partial charge in [-0.3, -0.25) is 4.79 Å². The second-order valence-electron chi connectivity index (χ2n) is 3.59. The third-order valence-corrected chi connectivity index (χ3v) is 3.56. The van der Waals surface area contributed by atoms with Gasteiger partial charge in [-0.1, -0.05) is 13.3 Å². The summed E-state index contributed by atoms with van der Waals surface area (Å²) < 4.78 is 38.7. The van der Waals surface area contributed by atoms with E-state index in [-0.39, 0.29) is 6.42 Å². The summed E-state index contributed by atoms with van der Waals surface area (Å²) in [5.74, 6) is -2.33. The Bertz CT molecular complexity index is 532. The minimum atomic E-state index is -4.27. The second kappa shape index (κ2) is 5.87. The first kappa shape index (κ1) is 14.5. The zero-order chi connectivity index (χ0) is 13.8. The van der Waals surface area contributed by atoms with Crippen LogP contribution in [0.25, 0.3) is 0 Å². The van der Waals surface area contributed by atoms with Gasteiger partial charge in [0.05, 0.1) is 0 Å². The number of hydrogen-bond acceptors (Lipinski definition) is 4. The quantitative estimate of drug-likeness (QED) is 0.799. The molecular formula is C10H13FN2O4S. The van der Waals surface area contributed by atoms with E-state index in [0.29, 0.717) is 6.42 Å². The summed E-state index contributed by atoms with van der Waals surface area (Å²) in [6.45, 7) is 1.71. The lowest BCUT2D eigenvalue weighted by Gasteiger charge is -2.13. The molecule has 0 aliphatic heterocycles. The summed E-state index contributed by atoms with van der Waals surface area (Å²) in [4.78, 5) is 14.2. The molecule has 1 heterocycles. The Balaban J connectivity index is 3.01. The van der Waals surface area contributed by atoms with Gasteiger partial charge in [-0.05, 0) is 18.6 Å². The van der Waals surface area contributed by atoms with E-state index in [0.717, 1.165) is 12.3 Å². The number of carbonyl (C=O) groups is 1. The monoisotopic (exact) mass is 276 g/mol. The minimum Gasteiger partial charge on any atom is -0.480 e. The lowest BCUT2D eigenvalue weighted by molar-refractivity contribution is -0.139. The Morgan fingerprint density at radius 2 is 2.28 bits per heavy atom. The van der Waals surface area contributed by atoms with Gasteiger partial charge in [0.2, 0.25) is 5.03 Å². The summed E-state index contributed by atoms with van der Waals surface area (Å²) >= 11 is 0. The molecule has 1 atom stereocenters. The van der Waals surface area contributed by atoms with Crippen LogP contribution in [0.1, 0.15) is 19.8 Å². The van der Waals surface area contributed by atoms with E-state index in [1.54, 1.807) is 6.92 Å². The van der Waals surface area contributed by atoms with E-state index in [1.165, 1.54) is 6.07 Å². The molecule has 2 N–H and O–H groups in total. The predicted molar refractivity (Wildman–Crippen MR) is 60.8 cm³/mol. The molecule has 1 aromatic heterocycles. The van der Waals surface area contributed by atoms with Crippen LogP contribution in [0.2, 0.25) is 0 Å². The second-order valence-corrected chi connectivity index (χ2v) is 5.22. The Morgan fingerprint density at radius 3 is 2.78 bits per heavy atom. The van der Waals surface area contributed by atoms with Crippen molar-refractivity contribution < 1.29 is 22.7 Å². The van der Waals surface area contributed by atoms with Crippen molar-refractivity contribution in [1.29, 1.82) is 0 Å². The van der Waals surface area contributed by atoms with Crippen LogP contribution < -0.4 is 4.72 Å². The highest BCUT2D eigenvalue weighted by molar-refractivity contribution is 7.89. The summed E-state index contributed by atoms with van der Waals surface area (Å²) in [5, 5.41) is 8.04. The Morgan fingerprint density at radius 1 is 1.61 bits per heavy atom. The van der Waals surface area contributed by atoms with Gasteiger partial charge in [0.1, 0.15) is 6.04 Å². The zero-order valence-electron chi connectivity index (χ0n) is 9.63.